The summed E-state index contributed by atoms with van der Waals surface area (Å²) in [6, 6.07) is 10.0. The zero-order valence-corrected chi connectivity index (χ0v) is 11.8. The number of fused-ring (bicyclic) bond motifs is 1. The number of rotatable bonds is 2. The summed E-state index contributed by atoms with van der Waals surface area (Å²) in [4.78, 5) is 24.0. The van der Waals surface area contributed by atoms with Gasteiger partial charge in [0, 0.05) is 24.9 Å². The van der Waals surface area contributed by atoms with Crippen molar-refractivity contribution in [3.63, 3.8) is 0 Å². The summed E-state index contributed by atoms with van der Waals surface area (Å²) >= 11 is 0. The van der Waals surface area contributed by atoms with Crippen LogP contribution < -0.4 is 5.56 Å². The van der Waals surface area contributed by atoms with E-state index in [0.717, 1.165) is 29.3 Å². The first kappa shape index (κ1) is 13.1. The molecule has 0 spiro atoms. The van der Waals surface area contributed by atoms with E-state index in [0.29, 0.717) is 25.2 Å². The molecule has 0 amide bonds. The number of nitrogens with zero attached hydrogens (tertiary/aromatic N) is 1. The van der Waals surface area contributed by atoms with Crippen LogP contribution in [0.25, 0.3) is 10.9 Å². The maximum absolute atomic E-state index is 12.7. The second kappa shape index (κ2) is 5.23. The van der Waals surface area contributed by atoms with E-state index in [9.17, 15) is 9.59 Å². The first-order valence-corrected chi connectivity index (χ1v) is 7.35. The minimum absolute atomic E-state index is 0.116. The van der Waals surface area contributed by atoms with Crippen LogP contribution in [-0.2, 0) is 11.3 Å². The number of benzene rings is 1. The number of ketones is 1. The van der Waals surface area contributed by atoms with E-state index in [2.05, 4.69) is 6.07 Å². The van der Waals surface area contributed by atoms with Gasteiger partial charge in [0.1, 0.15) is 5.78 Å². The third kappa shape index (κ3) is 2.17. The molecular weight excluding hydrogens is 250 g/mol. The average molecular weight is 269 g/mol. The van der Waals surface area contributed by atoms with Gasteiger partial charge in [0.25, 0.3) is 5.56 Å². The number of carbonyl (C=O) groups excluding carboxylic acids is 1. The van der Waals surface area contributed by atoms with Crippen molar-refractivity contribution in [2.75, 3.05) is 0 Å². The van der Waals surface area contributed by atoms with Crippen LogP contribution in [-0.4, -0.2) is 10.4 Å². The van der Waals surface area contributed by atoms with Gasteiger partial charge in [-0.1, -0.05) is 18.2 Å². The van der Waals surface area contributed by atoms with Crippen molar-refractivity contribution < 1.29 is 4.79 Å². The van der Waals surface area contributed by atoms with E-state index in [1.165, 1.54) is 0 Å². The molecule has 3 rings (SSSR count). The Hall–Kier alpha value is -1.90. The molecule has 104 valence electrons. The van der Waals surface area contributed by atoms with Crippen LogP contribution in [0, 0.1) is 0 Å². The van der Waals surface area contributed by atoms with Crippen LogP contribution in [0.15, 0.2) is 35.1 Å². The SMILES string of the molecule is CCn1c(=O)c(C2CCC(=O)CC2)cc2ccccc21. The zero-order chi connectivity index (χ0) is 14.1. The van der Waals surface area contributed by atoms with Gasteiger partial charge in [-0.05, 0) is 43.2 Å². The fraction of sp³-hybridized carbons (Fsp3) is 0.412. The van der Waals surface area contributed by atoms with Crippen molar-refractivity contribution in [1.29, 1.82) is 0 Å². The Kier molecular flexibility index (Phi) is 3.43. The summed E-state index contributed by atoms with van der Waals surface area (Å²) in [5.41, 5.74) is 2.00. The fourth-order valence-corrected chi connectivity index (χ4v) is 3.21. The average Bonchev–Trinajstić information content (AvgIpc) is 2.48. The summed E-state index contributed by atoms with van der Waals surface area (Å²) < 4.78 is 1.85. The van der Waals surface area contributed by atoms with E-state index < -0.39 is 0 Å². The molecule has 0 aliphatic heterocycles. The van der Waals surface area contributed by atoms with E-state index in [-0.39, 0.29) is 11.5 Å². The van der Waals surface area contributed by atoms with E-state index >= 15 is 0 Å². The first-order valence-electron chi connectivity index (χ1n) is 7.35. The summed E-state index contributed by atoms with van der Waals surface area (Å²) in [5.74, 6) is 0.570. The van der Waals surface area contributed by atoms with Crippen molar-refractivity contribution in [3.8, 4) is 0 Å². The van der Waals surface area contributed by atoms with Crippen molar-refractivity contribution in [2.45, 2.75) is 45.1 Å². The van der Waals surface area contributed by atoms with Crippen LogP contribution in [0.5, 0.6) is 0 Å². The second-order valence-corrected chi connectivity index (χ2v) is 5.52. The Balaban J connectivity index is 2.14. The Morgan fingerprint density at radius 3 is 2.55 bits per heavy atom. The van der Waals surface area contributed by atoms with Gasteiger partial charge >= 0.3 is 0 Å². The predicted octanol–water partition coefficient (Wildman–Crippen LogP) is 3.25. The molecule has 0 radical (unpaired) electrons. The maximum Gasteiger partial charge on any atom is 0.254 e. The zero-order valence-electron chi connectivity index (χ0n) is 11.8. The largest absolute Gasteiger partial charge is 0.308 e. The van der Waals surface area contributed by atoms with Gasteiger partial charge in [0.05, 0.1) is 5.52 Å². The quantitative estimate of drug-likeness (QED) is 0.839. The van der Waals surface area contributed by atoms with E-state index in [4.69, 9.17) is 0 Å². The molecule has 1 fully saturated rings. The lowest BCUT2D eigenvalue weighted by molar-refractivity contribution is -0.120. The highest BCUT2D eigenvalue weighted by Gasteiger charge is 2.23. The smallest absolute Gasteiger partial charge is 0.254 e. The highest BCUT2D eigenvalue weighted by Crippen LogP contribution is 2.30. The molecule has 1 aliphatic carbocycles. The molecule has 1 aromatic carbocycles. The number of hydrogen-bond acceptors (Lipinski definition) is 2. The molecule has 2 aromatic rings. The molecule has 3 heteroatoms. The number of aromatic nitrogens is 1. The number of hydrogen-bond donors (Lipinski definition) is 0. The Bertz CT molecular complexity index is 704. The monoisotopic (exact) mass is 269 g/mol. The van der Waals surface area contributed by atoms with Gasteiger partial charge in [-0.15, -0.1) is 0 Å². The maximum atomic E-state index is 12.7. The van der Waals surface area contributed by atoms with Crippen LogP contribution in [0.2, 0.25) is 0 Å². The van der Waals surface area contributed by atoms with Gasteiger partial charge in [0.2, 0.25) is 0 Å². The lowest BCUT2D eigenvalue weighted by atomic mass is 9.83. The molecule has 0 bridgehead atoms. The molecule has 3 nitrogen and oxygen atoms in total. The van der Waals surface area contributed by atoms with Crippen LogP contribution >= 0.6 is 0 Å². The summed E-state index contributed by atoms with van der Waals surface area (Å²) in [5, 5.41) is 1.11. The number of Topliss-reactive ketones (excluding diaryl/α,β-unsaturated/α-hetero) is 1. The number of para-hydroxylation sites is 1. The lowest BCUT2D eigenvalue weighted by Gasteiger charge is -2.22. The number of aryl methyl sites for hydroxylation is 1. The van der Waals surface area contributed by atoms with Crippen LogP contribution in [0.1, 0.15) is 44.1 Å². The molecule has 1 aliphatic rings. The van der Waals surface area contributed by atoms with Crippen molar-refractivity contribution in [3.05, 3.63) is 46.2 Å². The molecule has 1 heterocycles. The van der Waals surface area contributed by atoms with Crippen molar-refractivity contribution >= 4 is 16.7 Å². The van der Waals surface area contributed by atoms with E-state index in [1.807, 2.05) is 35.8 Å². The third-order valence-electron chi connectivity index (χ3n) is 4.33. The van der Waals surface area contributed by atoms with E-state index in [1.54, 1.807) is 0 Å². The number of pyridine rings is 1. The van der Waals surface area contributed by atoms with Gasteiger partial charge in [0.15, 0.2) is 0 Å². The molecule has 20 heavy (non-hydrogen) atoms. The number of carbonyl (C=O) groups is 1. The Morgan fingerprint density at radius 1 is 1.15 bits per heavy atom. The molecule has 0 atom stereocenters. The lowest BCUT2D eigenvalue weighted by Crippen LogP contribution is -2.27. The minimum atomic E-state index is 0.116. The molecule has 0 unspecified atom stereocenters. The second-order valence-electron chi connectivity index (χ2n) is 5.52. The molecule has 1 aromatic heterocycles. The molecule has 0 saturated heterocycles. The van der Waals surface area contributed by atoms with Gasteiger partial charge in [-0.2, -0.15) is 0 Å². The molecule has 1 saturated carbocycles. The molecule has 0 N–H and O–H groups in total. The van der Waals surface area contributed by atoms with Crippen molar-refractivity contribution in [1.82, 2.24) is 4.57 Å². The van der Waals surface area contributed by atoms with Crippen LogP contribution in [0.3, 0.4) is 0 Å². The fourth-order valence-electron chi connectivity index (χ4n) is 3.21. The standard InChI is InChI=1S/C17H19NO2/c1-2-18-16-6-4-3-5-13(16)11-15(17(18)20)12-7-9-14(19)10-8-12/h3-6,11-12H,2,7-10H2,1H3. The summed E-state index contributed by atoms with van der Waals surface area (Å²) in [6.45, 7) is 2.68. The minimum Gasteiger partial charge on any atom is -0.308 e. The topological polar surface area (TPSA) is 39.1 Å². The van der Waals surface area contributed by atoms with Gasteiger partial charge in [-0.3, -0.25) is 9.59 Å². The van der Waals surface area contributed by atoms with Gasteiger partial charge in [-0.25, -0.2) is 0 Å². The highest BCUT2D eigenvalue weighted by atomic mass is 16.1. The van der Waals surface area contributed by atoms with Crippen molar-refractivity contribution in [2.24, 2.45) is 0 Å². The predicted molar refractivity (Wildman–Crippen MR) is 80.1 cm³/mol. The molecular formula is C17H19NO2. The third-order valence-corrected chi connectivity index (χ3v) is 4.33. The Labute approximate surface area is 118 Å². The Morgan fingerprint density at radius 2 is 1.85 bits per heavy atom. The first-order chi connectivity index (χ1) is 9.70. The van der Waals surface area contributed by atoms with Crippen LogP contribution in [0.4, 0.5) is 0 Å². The normalized spacial score (nSPS) is 16.8. The van der Waals surface area contributed by atoms with Gasteiger partial charge < -0.3 is 4.57 Å². The highest BCUT2D eigenvalue weighted by molar-refractivity contribution is 5.81. The summed E-state index contributed by atoms with van der Waals surface area (Å²) in [7, 11) is 0. The summed E-state index contributed by atoms with van der Waals surface area (Å²) in [6.07, 6.45) is 2.86.